The van der Waals surface area contributed by atoms with Crippen LogP contribution in [0.2, 0.25) is 0 Å². The number of aliphatic hydroxyl groups is 1. The Hall–Kier alpha value is -3.13. The Morgan fingerprint density at radius 1 is 1.22 bits per heavy atom. The highest BCUT2D eigenvalue weighted by atomic mass is 19.4. The number of likely N-dealkylation sites (tertiary alicyclic amines) is 1. The zero-order chi connectivity index (χ0) is 27.0. The van der Waals surface area contributed by atoms with Gasteiger partial charge in [-0.3, -0.25) is 9.69 Å². The number of nitrogens with two attached hydrogens (primary N) is 1. The van der Waals surface area contributed by atoms with Gasteiger partial charge in [-0.25, -0.2) is 18.7 Å². The number of anilines is 2. The molecule has 0 bridgehead atoms. The highest BCUT2D eigenvalue weighted by molar-refractivity contribution is 5.75. The van der Waals surface area contributed by atoms with Crippen LogP contribution in [0.1, 0.15) is 30.0 Å². The van der Waals surface area contributed by atoms with Crippen LogP contribution in [0.5, 0.6) is 0 Å². The number of piperidine rings is 1. The summed E-state index contributed by atoms with van der Waals surface area (Å²) in [6, 6.07) is 2.70. The molecule has 0 spiro atoms. The molecule has 1 aromatic heterocycles. The van der Waals surface area contributed by atoms with Gasteiger partial charge in [-0.05, 0) is 30.7 Å². The number of nitrogens with one attached hydrogen (secondary N) is 1. The maximum absolute atomic E-state index is 15.4. The van der Waals surface area contributed by atoms with E-state index in [0.717, 1.165) is 35.5 Å². The monoisotopic (exact) mass is 532 g/mol. The standard InChI is InChI=1S/C23H26F6N6O2/c24-19-20(31-8-14-5-6-34(9-17(14)36)10-18(30)37)32-12-33-21(19)35-11-22(25,26)7-16(35)13-1-3-15(4-2-13)23(27,28)29/h1-4,12,14,16-17,36H,5-11H2,(H2,30,37)(H,31,32,33)/t14?,16-,17?/m1/s1. The van der Waals surface area contributed by atoms with Crippen LogP contribution in [-0.4, -0.2) is 70.6 Å². The largest absolute Gasteiger partial charge is 0.416 e. The van der Waals surface area contributed by atoms with Gasteiger partial charge in [-0.15, -0.1) is 0 Å². The van der Waals surface area contributed by atoms with Crippen LogP contribution in [-0.2, 0) is 11.0 Å². The molecule has 0 saturated carbocycles. The van der Waals surface area contributed by atoms with Crippen LogP contribution in [0.15, 0.2) is 30.6 Å². The van der Waals surface area contributed by atoms with Crippen LogP contribution in [0.25, 0.3) is 0 Å². The third-order valence-electron chi connectivity index (χ3n) is 6.65. The van der Waals surface area contributed by atoms with E-state index in [-0.39, 0.29) is 36.9 Å². The number of carbonyl (C=O) groups excluding carboxylic acids is 1. The van der Waals surface area contributed by atoms with Gasteiger partial charge in [-0.2, -0.15) is 17.6 Å². The quantitative estimate of drug-likeness (QED) is 0.471. The van der Waals surface area contributed by atoms with E-state index < -0.39 is 60.3 Å². The number of primary amides is 1. The van der Waals surface area contributed by atoms with E-state index in [2.05, 4.69) is 15.3 Å². The smallest absolute Gasteiger partial charge is 0.391 e. The number of aliphatic hydroxyl groups excluding tert-OH is 1. The first-order valence-corrected chi connectivity index (χ1v) is 11.6. The average molecular weight is 532 g/mol. The Bertz CT molecular complexity index is 1120. The Morgan fingerprint density at radius 2 is 1.92 bits per heavy atom. The van der Waals surface area contributed by atoms with Crippen molar-refractivity contribution in [2.24, 2.45) is 11.7 Å². The van der Waals surface area contributed by atoms with Crippen molar-refractivity contribution in [3.8, 4) is 0 Å². The summed E-state index contributed by atoms with van der Waals surface area (Å²) in [5, 5.41) is 13.2. The number of rotatable bonds is 7. The summed E-state index contributed by atoms with van der Waals surface area (Å²) in [6.07, 6.45) is -4.61. The maximum Gasteiger partial charge on any atom is 0.416 e. The molecule has 4 rings (SSSR count). The van der Waals surface area contributed by atoms with Gasteiger partial charge in [0, 0.05) is 25.4 Å². The van der Waals surface area contributed by atoms with Crippen molar-refractivity contribution in [1.29, 1.82) is 0 Å². The molecule has 2 aliphatic heterocycles. The first-order valence-electron chi connectivity index (χ1n) is 11.6. The van der Waals surface area contributed by atoms with E-state index in [9.17, 15) is 31.9 Å². The Kier molecular flexibility index (Phi) is 7.51. The predicted octanol–water partition coefficient (Wildman–Crippen LogP) is 2.80. The topological polar surface area (TPSA) is 108 Å². The number of benzene rings is 1. The third-order valence-corrected chi connectivity index (χ3v) is 6.65. The lowest BCUT2D eigenvalue weighted by atomic mass is 9.93. The zero-order valence-corrected chi connectivity index (χ0v) is 19.6. The van der Waals surface area contributed by atoms with Crippen LogP contribution in [0.3, 0.4) is 0 Å². The highest BCUT2D eigenvalue weighted by Gasteiger charge is 2.47. The van der Waals surface area contributed by atoms with Crippen LogP contribution in [0, 0.1) is 11.7 Å². The molecule has 1 aromatic carbocycles. The number of amides is 1. The van der Waals surface area contributed by atoms with Gasteiger partial charge >= 0.3 is 6.18 Å². The summed E-state index contributed by atoms with van der Waals surface area (Å²) < 4.78 is 82.9. The molecule has 1 amide bonds. The Balaban J connectivity index is 1.50. The number of carbonyl (C=O) groups is 1. The molecule has 3 heterocycles. The first-order chi connectivity index (χ1) is 17.3. The number of hydrogen-bond acceptors (Lipinski definition) is 7. The van der Waals surface area contributed by atoms with E-state index in [4.69, 9.17) is 5.73 Å². The SMILES string of the molecule is NC(=O)CN1CCC(CNc2ncnc(N3CC(F)(F)C[C@@H]3c3ccc(C(F)(F)F)cc3)c2F)C(O)C1. The molecule has 0 aliphatic carbocycles. The molecule has 14 heteroatoms. The minimum atomic E-state index is -4.58. The Morgan fingerprint density at radius 3 is 2.54 bits per heavy atom. The number of alkyl halides is 5. The van der Waals surface area contributed by atoms with Crippen LogP contribution >= 0.6 is 0 Å². The van der Waals surface area contributed by atoms with Crippen molar-refractivity contribution >= 4 is 17.5 Å². The van der Waals surface area contributed by atoms with Gasteiger partial charge in [0.2, 0.25) is 11.7 Å². The molecule has 37 heavy (non-hydrogen) atoms. The number of hydrogen-bond donors (Lipinski definition) is 3. The fraction of sp³-hybridized carbons (Fsp3) is 0.522. The molecule has 2 fully saturated rings. The molecule has 8 nitrogen and oxygen atoms in total. The van der Waals surface area contributed by atoms with E-state index >= 15 is 4.39 Å². The molecule has 2 saturated heterocycles. The number of halogens is 6. The maximum atomic E-state index is 15.4. The molecule has 202 valence electrons. The van der Waals surface area contributed by atoms with E-state index in [1.54, 1.807) is 4.90 Å². The second-order valence-electron chi connectivity index (χ2n) is 9.38. The predicted molar refractivity (Wildman–Crippen MR) is 121 cm³/mol. The lowest BCUT2D eigenvalue weighted by molar-refractivity contribution is -0.137. The summed E-state index contributed by atoms with van der Waals surface area (Å²) in [5.41, 5.74) is 4.43. The lowest BCUT2D eigenvalue weighted by Gasteiger charge is -2.35. The first kappa shape index (κ1) is 26.9. The zero-order valence-electron chi connectivity index (χ0n) is 19.6. The molecular weight excluding hydrogens is 506 g/mol. The van der Waals surface area contributed by atoms with Gasteiger partial charge < -0.3 is 21.1 Å². The molecule has 3 atom stereocenters. The van der Waals surface area contributed by atoms with E-state index in [1.807, 2.05) is 0 Å². The summed E-state index contributed by atoms with van der Waals surface area (Å²) in [6.45, 7) is -0.0196. The van der Waals surface area contributed by atoms with Gasteiger partial charge in [0.1, 0.15) is 6.33 Å². The summed E-state index contributed by atoms with van der Waals surface area (Å²) in [7, 11) is 0. The summed E-state index contributed by atoms with van der Waals surface area (Å²) in [5.74, 6) is -5.67. The minimum Gasteiger partial charge on any atom is -0.391 e. The summed E-state index contributed by atoms with van der Waals surface area (Å²) in [4.78, 5) is 21.5. The van der Waals surface area contributed by atoms with Gasteiger partial charge in [0.05, 0.1) is 30.8 Å². The molecule has 2 aromatic rings. The van der Waals surface area contributed by atoms with Crippen LogP contribution in [0.4, 0.5) is 38.0 Å². The molecule has 0 radical (unpaired) electrons. The number of β-amino-alcohol motifs (C(OH)–C–C–N with tert-alkyl or cyclic N) is 1. The lowest BCUT2D eigenvalue weighted by Crippen LogP contribution is -2.48. The van der Waals surface area contributed by atoms with Crippen molar-refractivity contribution < 1.29 is 36.2 Å². The van der Waals surface area contributed by atoms with Crippen molar-refractivity contribution in [2.75, 3.05) is 42.9 Å². The minimum absolute atomic E-state index is 0.0156. The fourth-order valence-electron chi connectivity index (χ4n) is 4.79. The number of aromatic nitrogens is 2. The van der Waals surface area contributed by atoms with Crippen LogP contribution < -0.4 is 16.0 Å². The number of nitrogens with zero attached hydrogens (tertiary/aromatic N) is 4. The Labute approximate surface area is 208 Å². The van der Waals surface area contributed by atoms with Crippen molar-refractivity contribution in [3.63, 3.8) is 0 Å². The van der Waals surface area contributed by atoms with Gasteiger partial charge in [0.15, 0.2) is 11.6 Å². The van der Waals surface area contributed by atoms with E-state index in [1.165, 1.54) is 0 Å². The average Bonchev–Trinajstić information content (AvgIpc) is 3.13. The summed E-state index contributed by atoms with van der Waals surface area (Å²) >= 11 is 0. The van der Waals surface area contributed by atoms with Gasteiger partial charge in [0.25, 0.3) is 5.92 Å². The van der Waals surface area contributed by atoms with Crippen molar-refractivity contribution in [1.82, 2.24) is 14.9 Å². The normalized spacial score (nSPS) is 24.3. The van der Waals surface area contributed by atoms with E-state index in [0.29, 0.717) is 13.0 Å². The van der Waals surface area contributed by atoms with Gasteiger partial charge in [-0.1, -0.05) is 12.1 Å². The van der Waals surface area contributed by atoms with Crippen molar-refractivity contribution in [2.45, 2.75) is 37.1 Å². The van der Waals surface area contributed by atoms with Crippen molar-refractivity contribution in [3.05, 3.63) is 47.5 Å². The second-order valence-corrected chi connectivity index (χ2v) is 9.38. The molecule has 2 unspecified atom stereocenters. The molecule has 2 aliphatic rings. The fourth-order valence-corrected chi connectivity index (χ4v) is 4.79. The molecule has 4 N–H and O–H groups in total. The third kappa shape index (κ3) is 6.24. The second kappa shape index (κ2) is 10.3. The highest BCUT2D eigenvalue weighted by Crippen LogP contribution is 2.44. The molecular formula is C23H26F6N6O2.